The largest absolute Gasteiger partial charge is 0.361 e. The van der Waals surface area contributed by atoms with Crippen molar-refractivity contribution in [1.29, 1.82) is 5.26 Å². The summed E-state index contributed by atoms with van der Waals surface area (Å²) in [6.07, 6.45) is 3.45. The van der Waals surface area contributed by atoms with Crippen LogP contribution in [-0.4, -0.2) is 4.98 Å². The zero-order chi connectivity index (χ0) is 9.97. The first kappa shape index (κ1) is 8.83. The molecule has 0 saturated heterocycles. The maximum Gasteiger partial charge on any atom is 0.0625 e. The van der Waals surface area contributed by atoms with Crippen molar-refractivity contribution in [3.05, 3.63) is 35.5 Å². The van der Waals surface area contributed by atoms with Crippen LogP contribution in [0.5, 0.6) is 0 Å². The topological polar surface area (TPSA) is 39.6 Å². The Hall–Kier alpha value is -1.75. The first-order valence-electron chi connectivity index (χ1n) is 4.75. The Balaban J connectivity index is 2.40. The van der Waals surface area contributed by atoms with Crippen LogP contribution in [0, 0.1) is 18.3 Å². The van der Waals surface area contributed by atoms with E-state index < -0.39 is 0 Å². The lowest BCUT2D eigenvalue weighted by molar-refractivity contribution is 1.01. The number of benzene rings is 1. The third-order valence-electron chi connectivity index (χ3n) is 2.48. The molecule has 2 aromatic rings. The van der Waals surface area contributed by atoms with Gasteiger partial charge >= 0.3 is 0 Å². The first-order valence-corrected chi connectivity index (χ1v) is 4.75. The minimum Gasteiger partial charge on any atom is -0.361 e. The molecule has 70 valence electrons. The van der Waals surface area contributed by atoms with Gasteiger partial charge in [-0.25, -0.2) is 0 Å². The van der Waals surface area contributed by atoms with Gasteiger partial charge in [-0.05, 0) is 36.6 Å². The number of nitrogens with zero attached hydrogens (tertiary/aromatic N) is 1. The monoisotopic (exact) mass is 184 g/mol. The van der Waals surface area contributed by atoms with E-state index in [1.165, 1.54) is 22.0 Å². The number of hydrogen-bond donors (Lipinski definition) is 1. The summed E-state index contributed by atoms with van der Waals surface area (Å²) >= 11 is 0. The number of rotatable bonds is 2. The van der Waals surface area contributed by atoms with Crippen LogP contribution in [0.3, 0.4) is 0 Å². The number of fused-ring (bicyclic) bond motifs is 1. The van der Waals surface area contributed by atoms with E-state index in [2.05, 4.69) is 36.2 Å². The van der Waals surface area contributed by atoms with Crippen molar-refractivity contribution in [2.24, 2.45) is 0 Å². The second kappa shape index (κ2) is 3.55. The summed E-state index contributed by atoms with van der Waals surface area (Å²) in [5.41, 5.74) is 3.67. The summed E-state index contributed by atoms with van der Waals surface area (Å²) in [6.45, 7) is 2.09. The van der Waals surface area contributed by atoms with Crippen LogP contribution in [0.25, 0.3) is 10.9 Å². The number of aromatic amines is 1. The third kappa shape index (κ3) is 1.49. The maximum absolute atomic E-state index is 8.50. The van der Waals surface area contributed by atoms with Crippen molar-refractivity contribution in [2.75, 3.05) is 0 Å². The van der Waals surface area contributed by atoms with Crippen LogP contribution in [-0.2, 0) is 6.42 Å². The van der Waals surface area contributed by atoms with Gasteiger partial charge in [-0.1, -0.05) is 6.07 Å². The lowest BCUT2D eigenvalue weighted by atomic mass is 10.1. The highest BCUT2D eigenvalue weighted by Gasteiger charge is 2.00. The van der Waals surface area contributed by atoms with Gasteiger partial charge in [-0.15, -0.1) is 0 Å². The molecule has 1 aromatic heterocycles. The summed E-state index contributed by atoms with van der Waals surface area (Å²) in [5.74, 6) is 0. The van der Waals surface area contributed by atoms with Gasteiger partial charge in [0.1, 0.15) is 0 Å². The molecule has 0 atom stereocenters. The van der Waals surface area contributed by atoms with Gasteiger partial charge in [0.15, 0.2) is 0 Å². The SMILES string of the molecule is Cc1c[nH]c2ccc(CCC#N)cc12. The fraction of sp³-hybridized carbons (Fsp3) is 0.250. The molecule has 2 heteroatoms. The van der Waals surface area contributed by atoms with Crippen molar-refractivity contribution in [3.63, 3.8) is 0 Å². The summed E-state index contributed by atoms with van der Waals surface area (Å²) in [7, 11) is 0. The van der Waals surface area contributed by atoms with Gasteiger partial charge in [0.2, 0.25) is 0 Å². The van der Waals surface area contributed by atoms with Gasteiger partial charge in [0, 0.05) is 23.5 Å². The van der Waals surface area contributed by atoms with E-state index in [9.17, 15) is 0 Å². The molecule has 1 aromatic carbocycles. The van der Waals surface area contributed by atoms with Crippen molar-refractivity contribution in [2.45, 2.75) is 19.8 Å². The molecule has 14 heavy (non-hydrogen) atoms. The number of nitrogens with one attached hydrogen (secondary N) is 1. The molecular formula is C12H12N2. The third-order valence-corrected chi connectivity index (χ3v) is 2.48. The predicted octanol–water partition coefficient (Wildman–Crippen LogP) is 2.93. The molecule has 0 aliphatic carbocycles. The summed E-state index contributed by atoms with van der Waals surface area (Å²) in [5, 5.41) is 9.76. The molecule has 1 heterocycles. The Labute approximate surface area is 83.2 Å². The zero-order valence-corrected chi connectivity index (χ0v) is 8.17. The van der Waals surface area contributed by atoms with Crippen LogP contribution in [0.4, 0.5) is 0 Å². The average Bonchev–Trinajstić information content (AvgIpc) is 2.57. The average molecular weight is 184 g/mol. The molecule has 2 nitrogen and oxygen atoms in total. The standard InChI is InChI=1S/C12H12N2/c1-9-8-14-12-5-4-10(3-2-6-13)7-11(9)12/h4-5,7-8,14H,2-3H2,1H3. The molecule has 1 N–H and O–H groups in total. The summed E-state index contributed by atoms with van der Waals surface area (Å²) in [6, 6.07) is 8.49. The van der Waals surface area contributed by atoms with Crippen LogP contribution >= 0.6 is 0 Å². The minimum atomic E-state index is 0.592. The fourth-order valence-corrected chi connectivity index (χ4v) is 1.66. The molecule has 2 rings (SSSR count). The van der Waals surface area contributed by atoms with Gasteiger partial charge in [-0.3, -0.25) is 0 Å². The number of nitriles is 1. The van der Waals surface area contributed by atoms with Crippen molar-refractivity contribution < 1.29 is 0 Å². The highest BCUT2D eigenvalue weighted by atomic mass is 14.7. The quantitative estimate of drug-likeness (QED) is 0.765. The molecule has 0 radical (unpaired) electrons. The number of H-pyrrole nitrogens is 1. The second-order valence-electron chi connectivity index (χ2n) is 3.51. The molecule has 0 spiro atoms. The number of hydrogen-bond acceptors (Lipinski definition) is 1. The molecule has 0 bridgehead atoms. The molecule has 0 aliphatic heterocycles. The summed E-state index contributed by atoms with van der Waals surface area (Å²) in [4.78, 5) is 3.21. The molecule has 0 fully saturated rings. The van der Waals surface area contributed by atoms with Crippen LogP contribution in [0.2, 0.25) is 0 Å². The molecule has 0 unspecified atom stereocenters. The van der Waals surface area contributed by atoms with E-state index in [1.807, 2.05) is 6.20 Å². The Kier molecular flexibility index (Phi) is 2.24. The maximum atomic E-state index is 8.50. The van der Waals surface area contributed by atoms with Crippen LogP contribution < -0.4 is 0 Å². The highest BCUT2D eigenvalue weighted by molar-refractivity contribution is 5.83. The van der Waals surface area contributed by atoms with E-state index in [-0.39, 0.29) is 0 Å². The first-order chi connectivity index (χ1) is 6.81. The van der Waals surface area contributed by atoms with Crippen LogP contribution in [0.1, 0.15) is 17.5 Å². The van der Waals surface area contributed by atoms with E-state index in [0.29, 0.717) is 6.42 Å². The van der Waals surface area contributed by atoms with Crippen molar-refractivity contribution in [1.82, 2.24) is 4.98 Å². The Bertz CT molecular complexity index is 488. The Morgan fingerprint density at radius 1 is 1.43 bits per heavy atom. The van der Waals surface area contributed by atoms with Gasteiger partial charge in [-0.2, -0.15) is 5.26 Å². The van der Waals surface area contributed by atoms with Gasteiger partial charge in [0.05, 0.1) is 6.07 Å². The Morgan fingerprint density at radius 3 is 3.07 bits per heavy atom. The smallest absolute Gasteiger partial charge is 0.0625 e. The molecule has 0 amide bonds. The van der Waals surface area contributed by atoms with E-state index >= 15 is 0 Å². The normalized spacial score (nSPS) is 10.3. The van der Waals surface area contributed by atoms with Gasteiger partial charge < -0.3 is 4.98 Å². The second-order valence-corrected chi connectivity index (χ2v) is 3.51. The van der Waals surface area contributed by atoms with E-state index in [4.69, 9.17) is 5.26 Å². The minimum absolute atomic E-state index is 0.592. The van der Waals surface area contributed by atoms with E-state index in [0.717, 1.165) is 6.42 Å². The lowest BCUT2D eigenvalue weighted by Gasteiger charge is -1.98. The predicted molar refractivity (Wildman–Crippen MR) is 57.0 cm³/mol. The summed E-state index contributed by atoms with van der Waals surface area (Å²) < 4.78 is 0. The van der Waals surface area contributed by atoms with E-state index in [1.54, 1.807) is 0 Å². The van der Waals surface area contributed by atoms with Crippen molar-refractivity contribution in [3.8, 4) is 6.07 Å². The van der Waals surface area contributed by atoms with Gasteiger partial charge in [0.25, 0.3) is 0 Å². The molecule has 0 saturated carbocycles. The molecule has 0 aliphatic rings. The number of aryl methyl sites for hydroxylation is 2. The highest BCUT2D eigenvalue weighted by Crippen LogP contribution is 2.19. The Morgan fingerprint density at radius 2 is 2.29 bits per heavy atom. The van der Waals surface area contributed by atoms with Crippen molar-refractivity contribution >= 4 is 10.9 Å². The zero-order valence-electron chi connectivity index (χ0n) is 8.17. The lowest BCUT2D eigenvalue weighted by Crippen LogP contribution is -1.83. The molecular weight excluding hydrogens is 172 g/mol. The number of aromatic nitrogens is 1. The fourth-order valence-electron chi connectivity index (χ4n) is 1.66. The van der Waals surface area contributed by atoms with Crippen LogP contribution in [0.15, 0.2) is 24.4 Å².